The van der Waals surface area contributed by atoms with Gasteiger partial charge in [-0.15, -0.1) is 11.3 Å². The first-order valence-electron chi connectivity index (χ1n) is 10.3. The second-order valence-corrected chi connectivity index (χ2v) is 11.7. The molecule has 1 atom stereocenters. The summed E-state index contributed by atoms with van der Waals surface area (Å²) >= 11 is 7.42. The lowest BCUT2D eigenvalue weighted by atomic mass is 9.97. The van der Waals surface area contributed by atoms with E-state index in [4.69, 9.17) is 11.6 Å². The second-order valence-electron chi connectivity index (χ2n) is 8.21. The molecule has 2 aliphatic heterocycles. The number of amides is 2. The van der Waals surface area contributed by atoms with Crippen LogP contribution >= 0.6 is 22.9 Å². The number of halogens is 2. The van der Waals surface area contributed by atoms with Crippen molar-refractivity contribution in [2.24, 2.45) is 0 Å². The summed E-state index contributed by atoms with van der Waals surface area (Å²) in [5, 5.41) is 2.62. The third-order valence-electron chi connectivity index (χ3n) is 6.13. The predicted octanol–water partition coefficient (Wildman–Crippen LogP) is 3.21. The molecule has 1 aromatic heterocycles. The standard InChI is InChI=1S/C21H23ClFN3O4S2/c1-25(14-7-10-32(29,30)12-14)20(27)17-11-31-19(24-17)13-5-8-26(9-6-13)21(28)18-15(22)3-2-4-16(18)23/h2-4,11,13-14H,5-10,12H2,1H3. The largest absolute Gasteiger partial charge is 0.338 e. The molecule has 32 heavy (non-hydrogen) atoms. The maximum atomic E-state index is 14.1. The number of benzene rings is 1. The zero-order chi connectivity index (χ0) is 23.0. The van der Waals surface area contributed by atoms with Crippen molar-refractivity contribution in [3.63, 3.8) is 0 Å². The highest BCUT2D eigenvalue weighted by Gasteiger charge is 2.34. The summed E-state index contributed by atoms with van der Waals surface area (Å²) < 4.78 is 37.5. The van der Waals surface area contributed by atoms with Crippen LogP contribution in [0.15, 0.2) is 23.6 Å². The molecule has 2 aromatic rings. The van der Waals surface area contributed by atoms with Gasteiger partial charge < -0.3 is 9.80 Å². The molecule has 0 bridgehead atoms. The summed E-state index contributed by atoms with van der Waals surface area (Å²) in [5.41, 5.74) is 0.208. The van der Waals surface area contributed by atoms with Gasteiger partial charge in [0.1, 0.15) is 11.5 Å². The average Bonchev–Trinajstić information content (AvgIpc) is 3.39. The van der Waals surface area contributed by atoms with Crippen LogP contribution in [-0.2, 0) is 9.84 Å². The number of thiazole rings is 1. The van der Waals surface area contributed by atoms with Crippen LogP contribution < -0.4 is 0 Å². The minimum absolute atomic E-state index is 0.00918. The molecule has 0 saturated carbocycles. The summed E-state index contributed by atoms with van der Waals surface area (Å²) in [5.74, 6) is -1.14. The molecular weight excluding hydrogens is 477 g/mol. The Morgan fingerprint density at radius 1 is 1.25 bits per heavy atom. The van der Waals surface area contributed by atoms with Gasteiger partial charge in [-0.25, -0.2) is 17.8 Å². The Bertz CT molecular complexity index is 1130. The van der Waals surface area contributed by atoms with Crippen molar-refractivity contribution >= 4 is 44.6 Å². The number of carbonyl (C=O) groups excluding carboxylic acids is 2. The van der Waals surface area contributed by atoms with Crippen LogP contribution in [0.1, 0.15) is 51.0 Å². The van der Waals surface area contributed by atoms with Crippen molar-refractivity contribution in [1.29, 1.82) is 0 Å². The molecule has 2 saturated heterocycles. The van der Waals surface area contributed by atoms with E-state index in [1.165, 1.54) is 34.4 Å². The molecular formula is C21H23ClFN3O4S2. The van der Waals surface area contributed by atoms with E-state index >= 15 is 0 Å². The minimum atomic E-state index is -3.08. The lowest BCUT2D eigenvalue weighted by molar-refractivity contribution is 0.0708. The first kappa shape index (κ1) is 23.1. The van der Waals surface area contributed by atoms with Crippen molar-refractivity contribution in [2.45, 2.75) is 31.2 Å². The number of piperidine rings is 1. The van der Waals surface area contributed by atoms with Crippen LogP contribution in [0, 0.1) is 5.82 Å². The van der Waals surface area contributed by atoms with Gasteiger partial charge in [0.2, 0.25) is 0 Å². The lowest BCUT2D eigenvalue weighted by Gasteiger charge is -2.31. The third-order valence-corrected chi connectivity index (χ3v) is 9.20. The van der Waals surface area contributed by atoms with E-state index < -0.39 is 21.6 Å². The highest BCUT2D eigenvalue weighted by Crippen LogP contribution is 2.32. The highest BCUT2D eigenvalue weighted by atomic mass is 35.5. The van der Waals surface area contributed by atoms with Crippen LogP contribution in [-0.4, -0.2) is 72.7 Å². The number of aromatic nitrogens is 1. The zero-order valence-corrected chi connectivity index (χ0v) is 19.8. The van der Waals surface area contributed by atoms with E-state index in [0.717, 1.165) is 5.01 Å². The average molecular weight is 500 g/mol. The molecule has 4 rings (SSSR count). The van der Waals surface area contributed by atoms with Crippen molar-refractivity contribution in [3.8, 4) is 0 Å². The van der Waals surface area contributed by atoms with E-state index in [1.54, 1.807) is 17.3 Å². The summed E-state index contributed by atoms with van der Waals surface area (Å²) in [7, 11) is -1.47. The van der Waals surface area contributed by atoms with E-state index in [9.17, 15) is 22.4 Å². The Labute approximate surface area is 195 Å². The quantitative estimate of drug-likeness (QED) is 0.644. The van der Waals surface area contributed by atoms with Gasteiger partial charge in [0.25, 0.3) is 11.8 Å². The Hall–Kier alpha value is -2.04. The SMILES string of the molecule is CN(C(=O)c1csc(C2CCN(C(=O)c3c(F)cccc3Cl)CC2)n1)C1CCS(=O)(=O)C1. The molecule has 11 heteroatoms. The highest BCUT2D eigenvalue weighted by molar-refractivity contribution is 7.91. The van der Waals surface area contributed by atoms with Gasteiger partial charge in [-0.05, 0) is 31.4 Å². The van der Waals surface area contributed by atoms with Crippen molar-refractivity contribution < 1.29 is 22.4 Å². The number of nitrogens with zero attached hydrogens (tertiary/aromatic N) is 3. The molecule has 0 N–H and O–H groups in total. The Morgan fingerprint density at radius 2 is 1.97 bits per heavy atom. The number of carbonyl (C=O) groups is 2. The fourth-order valence-electron chi connectivity index (χ4n) is 4.19. The van der Waals surface area contributed by atoms with Gasteiger partial charge in [0.15, 0.2) is 9.84 Å². The zero-order valence-electron chi connectivity index (χ0n) is 17.5. The molecule has 7 nitrogen and oxygen atoms in total. The summed E-state index contributed by atoms with van der Waals surface area (Å²) in [6.07, 6.45) is 1.74. The Balaban J connectivity index is 1.38. The number of hydrogen-bond donors (Lipinski definition) is 0. The normalized spacial score (nSPS) is 21.0. The Morgan fingerprint density at radius 3 is 2.59 bits per heavy atom. The number of rotatable bonds is 4. The molecule has 2 aliphatic rings. The maximum absolute atomic E-state index is 14.1. The fourth-order valence-corrected chi connectivity index (χ4v) is 7.17. The summed E-state index contributed by atoms with van der Waals surface area (Å²) in [6.45, 7) is 0.883. The molecule has 0 spiro atoms. The van der Waals surface area contributed by atoms with Gasteiger partial charge >= 0.3 is 0 Å². The van der Waals surface area contributed by atoms with E-state index in [2.05, 4.69) is 4.98 Å². The van der Waals surface area contributed by atoms with Crippen LogP contribution in [0.2, 0.25) is 5.02 Å². The minimum Gasteiger partial charge on any atom is -0.338 e. The molecule has 1 aromatic carbocycles. The van der Waals surface area contributed by atoms with E-state index in [0.29, 0.717) is 38.0 Å². The molecule has 2 amide bonds. The van der Waals surface area contributed by atoms with Gasteiger partial charge in [-0.2, -0.15) is 0 Å². The van der Waals surface area contributed by atoms with Gasteiger partial charge in [-0.3, -0.25) is 9.59 Å². The summed E-state index contributed by atoms with van der Waals surface area (Å²) in [6, 6.07) is 3.86. The van der Waals surface area contributed by atoms with Crippen LogP contribution in [0.3, 0.4) is 0 Å². The first-order valence-corrected chi connectivity index (χ1v) is 13.4. The van der Waals surface area contributed by atoms with E-state index in [-0.39, 0.29) is 40.0 Å². The first-order chi connectivity index (χ1) is 15.2. The molecule has 1 unspecified atom stereocenters. The topological polar surface area (TPSA) is 87.7 Å². The summed E-state index contributed by atoms with van der Waals surface area (Å²) in [4.78, 5) is 33.1. The van der Waals surface area contributed by atoms with Gasteiger partial charge in [-0.1, -0.05) is 17.7 Å². The smallest absolute Gasteiger partial charge is 0.273 e. The molecule has 2 fully saturated rings. The van der Waals surface area contributed by atoms with Gasteiger partial charge in [0.05, 0.1) is 27.1 Å². The molecule has 0 aliphatic carbocycles. The molecule has 0 radical (unpaired) electrons. The van der Waals surface area contributed by atoms with Crippen LogP contribution in [0.5, 0.6) is 0 Å². The predicted molar refractivity (Wildman–Crippen MR) is 121 cm³/mol. The van der Waals surface area contributed by atoms with Crippen molar-refractivity contribution in [1.82, 2.24) is 14.8 Å². The van der Waals surface area contributed by atoms with Crippen molar-refractivity contribution in [3.05, 3.63) is 50.7 Å². The lowest BCUT2D eigenvalue weighted by Crippen LogP contribution is -2.38. The third kappa shape index (κ3) is 4.67. The second kappa shape index (κ2) is 9.07. The number of sulfone groups is 1. The van der Waals surface area contributed by atoms with Gasteiger partial charge in [0, 0.05) is 37.5 Å². The fraction of sp³-hybridized carbons (Fsp3) is 0.476. The monoisotopic (exact) mass is 499 g/mol. The Kier molecular flexibility index (Phi) is 6.56. The number of likely N-dealkylation sites (tertiary alicyclic amines) is 1. The van der Waals surface area contributed by atoms with E-state index in [1.807, 2.05) is 0 Å². The van der Waals surface area contributed by atoms with Crippen molar-refractivity contribution in [2.75, 3.05) is 31.6 Å². The maximum Gasteiger partial charge on any atom is 0.273 e. The number of hydrogen-bond acceptors (Lipinski definition) is 6. The van der Waals surface area contributed by atoms with Crippen LogP contribution in [0.25, 0.3) is 0 Å². The molecule has 3 heterocycles. The van der Waals surface area contributed by atoms with Crippen LogP contribution in [0.4, 0.5) is 4.39 Å². The molecule has 172 valence electrons.